The molecule has 0 bridgehead atoms. The first-order valence-corrected chi connectivity index (χ1v) is 8.57. The molecule has 25 heavy (non-hydrogen) atoms. The highest BCUT2D eigenvalue weighted by Crippen LogP contribution is 2.15. The fourth-order valence-corrected chi connectivity index (χ4v) is 2.51. The van der Waals surface area contributed by atoms with Gasteiger partial charge in [-0.1, -0.05) is 42.5 Å². The molecule has 0 saturated carbocycles. The van der Waals surface area contributed by atoms with Gasteiger partial charge in [-0.2, -0.15) is 0 Å². The average Bonchev–Trinajstić information content (AvgIpc) is 2.61. The van der Waals surface area contributed by atoms with Crippen LogP contribution in [0.5, 0.6) is 5.75 Å². The first kappa shape index (κ1) is 18.7. The second kappa shape index (κ2) is 9.02. The van der Waals surface area contributed by atoms with Gasteiger partial charge in [-0.25, -0.2) is 0 Å². The molecule has 0 fully saturated rings. The standard InChI is InChI=1S/C21H25NO3/c1-15(12-13-18-8-5-4-6-9-18)22-21(24)17(3)25-20-11-7-10-19(14-20)16(2)23/h4-11,14-15,17H,12-13H2,1-3H3,(H,22,24)/t15-,17+/m0/s1. The Hall–Kier alpha value is -2.62. The minimum atomic E-state index is -0.624. The second-order valence-corrected chi connectivity index (χ2v) is 6.28. The lowest BCUT2D eigenvalue weighted by atomic mass is 10.1. The molecule has 1 N–H and O–H groups in total. The Kier molecular flexibility index (Phi) is 6.75. The molecule has 0 unspecified atom stereocenters. The lowest BCUT2D eigenvalue weighted by Crippen LogP contribution is -2.41. The molecule has 1 amide bonds. The van der Waals surface area contributed by atoms with E-state index in [0.717, 1.165) is 12.8 Å². The van der Waals surface area contributed by atoms with Crippen LogP contribution in [-0.4, -0.2) is 23.8 Å². The number of carbonyl (C=O) groups excluding carboxylic acids is 2. The van der Waals surface area contributed by atoms with Gasteiger partial charge in [0.25, 0.3) is 5.91 Å². The highest BCUT2D eigenvalue weighted by atomic mass is 16.5. The smallest absolute Gasteiger partial charge is 0.260 e. The van der Waals surface area contributed by atoms with Gasteiger partial charge in [-0.15, -0.1) is 0 Å². The van der Waals surface area contributed by atoms with Crippen LogP contribution < -0.4 is 10.1 Å². The Morgan fingerprint density at radius 2 is 1.76 bits per heavy atom. The van der Waals surface area contributed by atoms with Crippen molar-refractivity contribution in [3.8, 4) is 5.75 Å². The summed E-state index contributed by atoms with van der Waals surface area (Å²) in [6, 6.07) is 17.1. The van der Waals surface area contributed by atoms with Gasteiger partial charge in [0.05, 0.1) is 0 Å². The van der Waals surface area contributed by atoms with Gasteiger partial charge in [-0.3, -0.25) is 9.59 Å². The SMILES string of the molecule is CC(=O)c1cccc(O[C@H](C)C(=O)N[C@@H](C)CCc2ccccc2)c1. The van der Waals surface area contributed by atoms with Crippen LogP contribution in [0.2, 0.25) is 0 Å². The Bertz CT molecular complexity index is 712. The molecule has 4 nitrogen and oxygen atoms in total. The van der Waals surface area contributed by atoms with Crippen molar-refractivity contribution >= 4 is 11.7 Å². The summed E-state index contributed by atoms with van der Waals surface area (Å²) in [6.07, 6.45) is 1.15. The summed E-state index contributed by atoms with van der Waals surface area (Å²) >= 11 is 0. The quantitative estimate of drug-likeness (QED) is 0.744. The van der Waals surface area contributed by atoms with Crippen molar-refractivity contribution < 1.29 is 14.3 Å². The van der Waals surface area contributed by atoms with Crippen molar-refractivity contribution in [2.24, 2.45) is 0 Å². The average molecular weight is 339 g/mol. The molecule has 2 rings (SSSR count). The van der Waals surface area contributed by atoms with E-state index in [4.69, 9.17) is 4.74 Å². The molecule has 0 aromatic heterocycles. The van der Waals surface area contributed by atoms with E-state index in [-0.39, 0.29) is 17.7 Å². The maximum Gasteiger partial charge on any atom is 0.260 e. The van der Waals surface area contributed by atoms with E-state index in [0.29, 0.717) is 11.3 Å². The largest absolute Gasteiger partial charge is 0.481 e. The van der Waals surface area contributed by atoms with Crippen LogP contribution in [0, 0.1) is 0 Å². The summed E-state index contributed by atoms with van der Waals surface area (Å²) in [4.78, 5) is 23.7. The molecule has 4 heteroatoms. The third-order valence-electron chi connectivity index (χ3n) is 4.02. The molecule has 2 atom stereocenters. The predicted molar refractivity (Wildman–Crippen MR) is 98.9 cm³/mol. The van der Waals surface area contributed by atoms with Crippen molar-refractivity contribution in [3.63, 3.8) is 0 Å². The molecular formula is C21H25NO3. The number of carbonyl (C=O) groups is 2. The molecule has 0 aliphatic heterocycles. The number of nitrogens with one attached hydrogen (secondary N) is 1. The monoisotopic (exact) mass is 339 g/mol. The topological polar surface area (TPSA) is 55.4 Å². The summed E-state index contributed by atoms with van der Waals surface area (Å²) in [6.45, 7) is 5.20. The van der Waals surface area contributed by atoms with Crippen LogP contribution in [0.15, 0.2) is 54.6 Å². The summed E-state index contributed by atoms with van der Waals surface area (Å²) in [5.74, 6) is 0.332. The van der Waals surface area contributed by atoms with Gasteiger partial charge in [-0.05, 0) is 51.3 Å². The molecule has 0 spiro atoms. The lowest BCUT2D eigenvalue weighted by molar-refractivity contribution is -0.127. The van der Waals surface area contributed by atoms with Crippen LogP contribution in [0.25, 0.3) is 0 Å². The van der Waals surface area contributed by atoms with Crippen LogP contribution in [0.3, 0.4) is 0 Å². The molecule has 0 heterocycles. The van der Waals surface area contributed by atoms with E-state index in [1.54, 1.807) is 31.2 Å². The van der Waals surface area contributed by atoms with Gasteiger partial charge < -0.3 is 10.1 Å². The van der Waals surface area contributed by atoms with Gasteiger partial charge >= 0.3 is 0 Å². The number of ether oxygens (including phenoxy) is 1. The number of benzene rings is 2. The van der Waals surface area contributed by atoms with E-state index in [1.165, 1.54) is 12.5 Å². The van der Waals surface area contributed by atoms with Crippen molar-refractivity contribution in [1.29, 1.82) is 0 Å². The van der Waals surface area contributed by atoms with E-state index in [9.17, 15) is 9.59 Å². The normalized spacial score (nSPS) is 12.9. The van der Waals surface area contributed by atoms with Crippen molar-refractivity contribution in [3.05, 3.63) is 65.7 Å². The number of Topliss-reactive ketones (excluding diaryl/α,β-unsaturated/α-hetero) is 1. The van der Waals surface area contributed by atoms with Crippen LogP contribution in [0.4, 0.5) is 0 Å². The predicted octanol–water partition coefficient (Wildman–Crippen LogP) is 3.79. The molecule has 2 aromatic rings. The van der Waals surface area contributed by atoms with Gasteiger partial charge in [0.15, 0.2) is 11.9 Å². The van der Waals surface area contributed by atoms with E-state index < -0.39 is 6.10 Å². The highest BCUT2D eigenvalue weighted by Gasteiger charge is 2.17. The number of ketones is 1. The molecule has 132 valence electrons. The maximum atomic E-state index is 12.3. The third-order valence-corrected chi connectivity index (χ3v) is 4.02. The number of aryl methyl sites for hydroxylation is 1. The molecular weight excluding hydrogens is 314 g/mol. The van der Waals surface area contributed by atoms with Gasteiger partial charge in [0.2, 0.25) is 0 Å². The van der Waals surface area contributed by atoms with Crippen LogP contribution in [-0.2, 0) is 11.2 Å². The van der Waals surface area contributed by atoms with E-state index in [1.807, 2.05) is 25.1 Å². The van der Waals surface area contributed by atoms with Crippen molar-refractivity contribution in [1.82, 2.24) is 5.32 Å². The molecule has 2 aromatic carbocycles. The number of hydrogen-bond acceptors (Lipinski definition) is 3. The number of amides is 1. The van der Waals surface area contributed by atoms with Crippen molar-refractivity contribution in [2.75, 3.05) is 0 Å². The van der Waals surface area contributed by atoms with E-state index >= 15 is 0 Å². The zero-order valence-electron chi connectivity index (χ0n) is 15.0. The maximum absolute atomic E-state index is 12.3. The first-order chi connectivity index (χ1) is 12.0. The third kappa shape index (κ3) is 6.07. The van der Waals surface area contributed by atoms with Crippen LogP contribution in [0.1, 0.15) is 43.1 Å². The Balaban J connectivity index is 1.83. The number of rotatable bonds is 8. The zero-order chi connectivity index (χ0) is 18.2. The van der Waals surface area contributed by atoms with Crippen LogP contribution >= 0.6 is 0 Å². The Morgan fingerprint density at radius 1 is 1.04 bits per heavy atom. The number of hydrogen-bond donors (Lipinski definition) is 1. The lowest BCUT2D eigenvalue weighted by Gasteiger charge is -2.19. The zero-order valence-corrected chi connectivity index (χ0v) is 15.0. The van der Waals surface area contributed by atoms with Gasteiger partial charge in [0, 0.05) is 11.6 Å². The summed E-state index contributed by atoms with van der Waals surface area (Å²) in [5, 5.41) is 2.98. The first-order valence-electron chi connectivity index (χ1n) is 8.57. The highest BCUT2D eigenvalue weighted by molar-refractivity contribution is 5.94. The Labute approximate surface area is 149 Å². The Morgan fingerprint density at radius 3 is 2.44 bits per heavy atom. The molecule has 0 aliphatic carbocycles. The summed E-state index contributed by atoms with van der Waals surface area (Å²) in [5.41, 5.74) is 1.83. The minimum Gasteiger partial charge on any atom is -0.481 e. The molecule has 0 aliphatic rings. The minimum absolute atomic E-state index is 0.0305. The molecule has 0 radical (unpaired) electrons. The fraction of sp³-hybridized carbons (Fsp3) is 0.333. The summed E-state index contributed by atoms with van der Waals surface area (Å²) < 4.78 is 5.67. The second-order valence-electron chi connectivity index (χ2n) is 6.28. The summed E-state index contributed by atoms with van der Waals surface area (Å²) in [7, 11) is 0. The van der Waals surface area contributed by atoms with E-state index in [2.05, 4.69) is 17.4 Å². The van der Waals surface area contributed by atoms with Gasteiger partial charge in [0.1, 0.15) is 5.75 Å². The fourth-order valence-electron chi connectivity index (χ4n) is 2.51. The van der Waals surface area contributed by atoms with Crippen molar-refractivity contribution in [2.45, 2.75) is 45.8 Å². The molecule has 0 saturated heterocycles.